The minimum absolute atomic E-state index is 0.119. The minimum atomic E-state index is -4.41. The van der Waals surface area contributed by atoms with Crippen molar-refractivity contribution in [1.29, 1.82) is 0 Å². The molecule has 1 aromatic carbocycles. The third-order valence-corrected chi connectivity index (χ3v) is 7.37. The second-order valence-electron chi connectivity index (χ2n) is 9.88. The predicted octanol–water partition coefficient (Wildman–Crippen LogP) is 4.67. The Hall–Kier alpha value is -3.31. The van der Waals surface area contributed by atoms with Crippen molar-refractivity contribution < 1.29 is 22.6 Å². The normalized spacial score (nSPS) is 17.1. The quantitative estimate of drug-likeness (QED) is 0.440. The maximum absolute atomic E-state index is 13.7. The maximum atomic E-state index is 13.7. The number of fused-ring (bicyclic) bond motifs is 1. The molecular weight excluding hydrogens is 497 g/mol. The largest absolute Gasteiger partial charge is 0.480 e. The van der Waals surface area contributed by atoms with Crippen LogP contribution in [0.5, 0.6) is 5.88 Å². The van der Waals surface area contributed by atoms with E-state index in [1.165, 1.54) is 6.07 Å². The lowest BCUT2D eigenvalue weighted by molar-refractivity contribution is -0.138. The number of aromatic nitrogens is 3. The lowest BCUT2D eigenvalue weighted by Gasteiger charge is -2.44. The molecule has 38 heavy (non-hydrogen) atoms. The third-order valence-electron chi connectivity index (χ3n) is 7.37. The van der Waals surface area contributed by atoms with E-state index >= 15 is 0 Å². The molecule has 1 saturated heterocycles. The summed E-state index contributed by atoms with van der Waals surface area (Å²) in [4.78, 5) is 11.0. The zero-order chi connectivity index (χ0) is 26.9. The van der Waals surface area contributed by atoms with Gasteiger partial charge in [0.05, 0.1) is 19.3 Å². The minimum Gasteiger partial charge on any atom is -0.480 e. The van der Waals surface area contributed by atoms with Crippen LogP contribution in [0.1, 0.15) is 35.1 Å². The van der Waals surface area contributed by atoms with Crippen molar-refractivity contribution in [2.75, 3.05) is 43.8 Å². The molecule has 0 bridgehead atoms. The van der Waals surface area contributed by atoms with Crippen LogP contribution in [-0.4, -0.2) is 59.7 Å². The Kier molecular flexibility index (Phi) is 7.49. The van der Waals surface area contributed by atoms with Gasteiger partial charge in [0.1, 0.15) is 12.4 Å². The Bertz CT molecular complexity index is 1260. The molecule has 1 fully saturated rings. The fraction of sp³-hybridized carbons (Fsp3) is 0.481. The van der Waals surface area contributed by atoms with Crippen LogP contribution in [0.4, 0.5) is 24.7 Å². The molecular formula is C27H33F3N6O2. The van der Waals surface area contributed by atoms with Gasteiger partial charge in [-0.25, -0.2) is 9.67 Å². The molecule has 11 heteroatoms. The van der Waals surface area contributed by atoms with Crippen molar-refractivity contribution >= 4 is 11.5 Å². The topological polar surface area (TPSA) is 58.9 Å². The van der Waals surface area contributed by atoms with Crippen molar-refractivity contribution in [1.82, 2.24) is 19.7 Å². The third kappa shape index (κ3) is 5.30. The van der Waals surface area contributed by atoms with E-state index in [1.807, 2.05) is 17.2 Å². The van der Waals surface area contributed by atoms with Gasteiger partial charge < -0.3 is 19.3 Å². The summed E-state index contributed by atoms with van der Waals surface area (Å²) in [6.45, 7) is 5.35. The number of alkyl halides is 3. The fourth-order valence-electron chi connectivity index (χ4n) is 5.61. The number of benzene rings is 1. The van der Waals surface area contributed by atoms with Crippen LogP contribution in [0.2, 0.25) is 0 Å². The number of pyridine rings is 1. The number of ether oxygens (including phenoxy) is 2. The molecule has 2 aromatic heterocycles. The number of hydrogen-bond acceptors (Lipinski definition) is 7. The van der Waals surface area contributed by atoms with Crippen molar-refractivity contribution in [3.63, 3.8) is 0 Å². The van der Waals surface area contributed by atoms with E-state index in [1.54, 1.807) is 37.2 Å². The lowest BCUT2D eigenvalue weighted by atomic mass is 10.0. The van der Waals surface area contributed by atoms with Gasteiger partial charge in [-0.15, -0.1) is 0 Å². The molecule has 0 saturated carbocycles. The molecule has 0 amide bonds. The Morgan fingerprint density at radius 2 is 1.84 bits per heavy atom. The van der Waals surface area contributed by atoms with Crippen LogP contribution >= 0.6 is 0 Å². The van der Waals surface area contributed by atoms with Gasteiger partial charge in [0.2, 0.25) is 5.88 Å². The van der Waals surface area contributed by atoms with Gasteiger partial charge >= 0.3 is 6.18 Å². The van der Waals surface area contributed by atoms with Crippen molar-refractivity contribution in [3.05, 3.63) is 65.0 Å². The summed E-state index contributed by atoms with van der Waals surface area (Å²) in [6, 6.07) is 8.06. The number of nitrogens with zero attached hydrogens (tertiary/aromatic N) is 6. The molecule has 0 atom stereocenters. The molecule has 204 valence electrons. The monoisotopic (exact) mass is 530 g/mol. The van der Waals surface area contributed by atoms with Crippen molar-refractivity contribution in [2.24, 2.45) is 0 Å². The summed E-state index contributed by atoms with van der Waals surface area (Å²) < 4.78 is 53.7. The Labute approximate surface area is 220 Å². The Balaban J connectivity index is 1.37. The number of rotatable bonds is 7. The number of halogens is 3. The highest BCUT2D eigenvalue weighted by Crippen LogP contribution is 2.37. The number of aryl methyl sites for hydroxylation is 1. The molecule has 4 heterocycles. The molecule has 0 N–H and O–H groups in total. The van der Waals surface area contributed by atoms with E-state index in [2.05, 4.69) is 26.8 Å². The summed E-state index contributed by atoms with van der Waals surface area (Å²) in [7, 11) is 3.23. The van der Waals surface area contributed by atoms with Gasteiger partial charge in [0.15, 0.2) is 5.82 Å². The number of piperidine rings is 1. The predicted molar refractivity (Wildman–Crippen MR) is 138 cm³/mol. The van der Waals surface area contributed by atoms with Gasteiger partial charge in [0.25, 0.3) is 0 Å². The van der Waals surface area contributed by atoms with E-state index in [0.717, 1.165) is 48.8 Å². The van der Waals surface area contributed by atoms with E-state index in [-0.39, 0.29) is 24.9 Å². The van der Waals surface area contributed by atoms with Gasteiger partial charge in [-0.2, -0.15) is 18.3 Å². The molecule has 0 unspecified atom stereocenters. The average Bonchev–Trinajstić information content (AvgIpc) is 3.31. The summed E-state index contributed by atoms with van der Waals surface area (Å²) in [6.07, 6.45) is 1.12. The molecule has 8 nitrogen and oxygen atoms in total. The second kappa shape index (κ2) is 10.8. The Morgan fingerprint density at radius 3 is 2.55 bits per heavy atom. The average molecular weight is 531 g/mol. The highest BCUT2D eigenvalue weighted by atomic mass is 19.4. The van der Waals surface area contributed by atoms with E-state index < -0.39 is 11.7 Å². The van der Waals surface area contributed by atoms with Crippen LogP contribution in [-0.2, 0) is 30.7 Å². The number of hydrogen-bond donors (Lipinski definition) is 0. The standard InChI is InChI=1S/C27H33F3N6O2/c1-19-8-11-31-26(38-3)24(19)33-12-9-22(10-13-33)34-15-21-16-36(18-37-2)32-25(21)35(17-34)14-20-6-4-5-7-23(20)27(28,29)30/h4-8,11,16,22H,9-10,12-15,17-18H2,1-3H3. The molecule has 2 aliphatic rings. The first kappa shape index (κ1) is 26.3. The number of anilines is 2. The van der Waals surface area contributed by atoms with E-state index in [9.17, 15) is 13.2 Å². The summed E-state index contributed by atoms with van der Waals surface area (Å²) in [5.74, 6) is 1.34. The van der Waals surface area contributed by atoms with Crippen LogP contribution in [0, 0.1) is 6.92 Å². The second-order valence-corrected chi connectivity index (χ2v) is 9.88. The molecule has 5 rings (SSSR count). The Morgan fingerprint density at radius 1 is 1.08 bits per heavy atom. The zero-order valence-electron chi connectivity index (χ0n) is 21.9. The first-order chi connectivity index (χ1) is 18.3. The van der Waals surface area contributed by atoms with Gasteiger partial charge in [-0.3, -0.25) is 4.90 Å². The van der Waals surface area contributed by atoms with Crippen molar-refractivity contribution in [2.45, 2.75) is 51.8 Å². The summed E-state index contributed by atoms with van der Waals surface area (Å²) >= 11 is 0. The van der Waals surface area contributed by atoms with Crippen LogP contribution < -0.4 is 14.5 Å². The molecule has 0 aliphatic carbocycles. The lowest BCUT2D eigenvalue weighted by Crippen LogP contribution is -2.51. The number of methoxy groups -OCH3 is 2. The van der Waals surface area contributed by atoms with Crippen LogP contribution in [0.3, 0.4) is 0 Å². The highest BCUT2D eigenvalue weighted by molar-refractivity contribution is 5.60. The molecule has 3 aromatic rings. The van der Waals surface area contributed by atoms with Crippen LogP contribution in [0.25, 0.3) is 0 Å². The molecule has 0 radical (unpaired) electrons. The van der Waals surface area contributed by atoms with Gasteiger partial charge in [-0.05, 0) is 43.0 Å². The van der Waals surface area contributed by atoms with E-state index in [0.29, 0.717) is 24.9 Å². The molecule has 0 spiro atoms. The van der Waals surface area contributed by atoms with Gasteiger partial charge in [-0.1, -0.05) is 18.2 Å². The summed E-state index contributed by atoms with van der Waals surface area (Å²) in [5, 5.41) is 4.65. The fourth-order valence-corrected chi connectivity index (χ4v) is 5.61. The van der Waals surface area contributed by atoms with E-state index in [4.69, 9.17) is 9.47 Å². The van der Waals surface area contributed by atoms with Crippen LogP contribution in [0.15, 0.2) is 42.7 Å². The van der Waals surface area contributed by atoms with Crippen molar-refractivity contribution in [3.8, 4) is 5.88 Å². The maximum Gasteiger partial charge on any atom is 0.416 e. The zero-order valence-corrected chi connectivity index (χ0v) is 21.9. The smallest absolute Gasteiger partial charge is 0.416 e. The highest BCUT2D eigenvalue weighted by Gasteiger charge is 2.36. The van der Waals surface area contributed by atoms with Gasteiger partial charge in [0, 0.05) is 57.3 Å². The summed E-state index contributed by atoms with van der Waals surface area (Å²) in [5.41, 5.74) is 2.77. The first-order valence-corrected chi connectivity index (χ1v) is 12.7. The SMILES string of the molecule is COCn1cc2c(n1)N(Cc1ccccc1C(F)(F)F)CN(C1CCN(c3c(C)ccnc3OC)CC1)C2. The first-order valence-electron chi connectivity index (χ1n) is 12.7. The molecule has 2 aliphatic heterocycles.